The van der Waals surface area contributed by atoms with Crippen molar-refractivity contribution in [3.05, 3.63) is 29.8 Å². The van der Waals surface area contributed by atoms with Crippen LogP contribution >= 0.6 is 0 Å². The Balaban J connectivity index is 2.27. The number of carboxylic acids is 1. The number of anilines is 1. The summed E-state index contributed by atoms with van der Waals surface area (Å²) in [6.45, 7) is 1.43. The van der Waals surface area contributed by atoms with Crippen LogP contribution < -0.4 is 10.3 Å². The Labute approximate surface area is 121 Å². The highest BCUT2D eigenvalue weighted by molar-refractivity contribution is 6.44. The summed E-state index contributed by atoms with van der Waals surface area (Å²) in [6, 6.07) is 6.94. The molecule has 7 heteroatoms. The number of aryl methyl sites for hydroxylation is 1. The van der Waals surface area contributed by atoms with Crippen LogP contribution in [0, 0.1) is 6.92 Å². The number of nitrogens with one attached hydrogen (secondary N) is 1. The average molecular weight is 289 g/mol. The summed E-state index contributed by atoms with van der Waals surface area (Å²) in [7, 11) is 0. The summed E-state index contributed by atoms with van der Waals surface area (Å²) in [5.41, 5.74) is 3.87. The molecule has 0 aromatic heterocycles. The summed E-state index contributed by atoms with van der Waals surface area (Å²) >= 11 is 0. The highest BCUT2D eigenvalue weighted by Gasteiger charge is 2.26. The minimum atomic E-state index is -1.12. The third kappa shape index (κ3) is 3.65. The highest BCUT2D eigenvalue weighted by atomic mass is 16.4. The molecular formula is C14H15N3O4. The van der Waals surface area contributed by atoms with Gasteiger partial charge in [-0.15, -0.1) is 0 Å². The Morgan fingerprint density at radius 1 is 1.29 bits per heavy atom. The smallest absolute Gasteiger partial charge is 0.323 e. The molecule has 2 rings (SSSR count). The molecule has 0 saturated heterocycles. The number of hydrazone groups is 1. The Bertz CT molecular complexity index is 607. The predicted molar refractivity (Wildman–Crippen MR) is 76.0 cm³/mol. The molecule has 21 heavy (non-hydrogen) atoms. The lowest BCUT2D eigenvalue weighted by atomic mass is 10.1. The van der Waals surface area contributed by atoms with Gasteiger partial charge in [-0.25, -0.2) is 5.43 Å². The van der Waals surface area contributed by atoms with E-state index in [1.165, 1.54) is 0 Å². The van der Waals surface area contributed by atoms with Crippen LogP contribution in [0.1, 0.15) is 18.4 Å². The maximum atomic E-state index is 12.4. The molecule has 1 aromatic rings. The van der Waals surface area contributed by atoms with E-state index < -0.39 is 18.4 Å². The number of rotatable bonds is 4. The van der Waals surface area contributed by atoms with Gasteiger partial charge in [0, 0.05) is 18.5 Å². The maximum absolute atomic E-state index is 12.4. The van der Waals surface area contributed by atoms with E-state index in [-0.39, 0.29) is 24.5 Å². The second-order valence-electron chi connectivity index (χ2n) is 4.71. The number of carboxylic acid groups (broad SMARTS) is 1. The standard InChI is InChI=1S/C14H15N3O4/c1-9-2-4-10(5-3-9)17(8-13(19)20)14(21)11-6-7-12(18)16-15-11/h2-5H,6-8H2,1H3,(H,16,18)(H,19,20). The number of aliphatic carboxylic acids is 1. The van der Waals surface area contributed by atoms with Crippen molar-refractivity contribution in [2.24, 2.45) is 5.10 Å². The average Bonchev–Trinajstić information content (AvgIpc) is 2.46. The van der Waals surface area contributed by atoms with Gasteiger partial charge in [-0.1, -0.05) is 17.7 Å². The fourth-order valence-electron chi connectivity index (χ4n) is 1.92. The number of benzene rings is 1. The van der Waals surface area contributed by atoms with Crippen molar-refractivity contribution < 1.29 is 19.5 Å². The fraction of sp³-hybridized carbons (Fsp3) is 0.286. The lowest BCUT2D eigenvalue weighted by molar-refractivity contribution is -0.136. The number of hydrogen-bond donors (Lipinski definition) is 2. The molecule has 2 amide bonds. The number of carbonyl (C=O) groups excluding carboxylic acids is 2. The van der Waals surface area contributed by atoms with Crippen molar-refractivity contribution in [1.82, 2.24) is 5.43 Å². The monoisotopic (exact) mass is 289 g/mol. The van der Waals surface area contributed by atoms with Gasteiger partial charge in [0.1, 0.15) is 12.3 Å². The van der Waals surface area contributed by atoms with Crippen molar-refractivity contribution in [2.45, 2.75) is 19.8 Å². The van der Waals surface area contributed by atoms with Gasteiger partial charge in [0.25, 0.3) is 5.91 Å². The summed E-state index contributed by atoms with van der Waals surface area (Å²) in [5.74, 6) is -1.89. The first kappa shape index (κ1) is 14.7. The van der Waals surface area contributed by atoms with Crippen molar-refractivity contribution in [2.75, 3.05) is 11.4 Å². The SMILES string of the molecule is Cc1ccc(N(CC(=O)O)C(=O)C2=NNC(=O)CC2)cc1. The minimum absolute atomic E-state index is 0.149. The summed E-state index contributed by atoms with van der Waals surface area (Å²) < 4.78 is 0. The lowest BCUT2D eigenvalue weighted by Crippen LogP contribution is -2.42. The first-order chi connectivity index (χ1) is 9.97. The Morgan fingerprint density at radius 2 is 1.95 bits per heavy atom. The van der Waals surface area contributed by atoms with Crippen LogP contribution in [0.3, 0.4) is 0 Å². The number of nitrogens with zero attached hydrogens (tertiary/aromatic N) is 2. The third-order valence-corrected chi connectivity index (χ3v) is 3.04. The number of amides is 2. The minimum Gasteiger partial charge on any atom is -0.480 e. The molecule has 7 nitrogen and oxygen atoms in total. The molecular weight excluding hydrogens is 274 g/mol. The van der Waals surface area contributed by atoms with E-state index in [2.05, 4.69) is 10.5 Å². The van der Waals surface area contributed by atoms with Gasteiger partial charge in [-0.2, -0.15) is 5.10 Å². The van der Waals surface area contributed by atoms with Crippen molar-refractivity contribution in [3.63, 3.8) is 0 Å². The van der Waals surface area contributed by atoms with E-state index >= 15 is 0 Å². The van der Waals surface area contributed by atoms with Gasteiger partial charge in [-0.3, -0.25) is 19.3 Å². The van der Waals surface area contributed by atoms with Crippen LogP contribution in [0.25, 0.3) is 0 Å². The van der Waals surface area contributed by atoms with Crippen molar-refractivity contribution in [1.29, 1.82) is 0 Å². The molecule has 110 valence electrons. The van der Waals surface area contributed by atoms with Gasteiger partial charge in [0.2, 0.25) is 5.91 Å². The first-order valence-corrected chi connectivity index (χ1v) is 6.43. The molecule has 0 saturated carbocycles. The zero-order valence-corrected chi connectivity index (χ0v) is 11.5. The molecule has 0 aliphatic carbocycles. The topological polar surface area (TPSA) is 99.1 Å². The normalized spacial score (nSPS) is 14.1. The second kappa shape index (κ2) is 6.17. The van der Waals surface area contributed by atoms with E-state index in [4.69, 9.17) is 5.11 Å². The lowest BCUT2D eigenvalue weighted by Gasteiger charge is -2.23. The number of carbonyl (C=O) groups is 3. The largest absolute Gasteiger partial charge is 0.480 e. The molecule has 2 N–H and O–H groups in total. The molecule has 1 aromatic carbocycles. The van der Waals surface area contributed by atoms with E-state index in [1.807, 2.05) is 6.92 Å². The van der Waals surface area contributed by atoms with Crippen LogP contribution in [0.15, 0.2) is 29.4 Å². The Morgan fingerprint density at radius 3 is 2.48 bits per heavy atom. The molecule has 0 bridgehead atoms. The predicted octanol–water partition coefficient (Wildman–Crippen LogP) is 0.679. The highest BCUT2D eigenvalue weighted by Crippen LogP contribution is 2.17. The number of hydrogen-bond acceptors (Lipinski definition) is 4. The van der Waals surface area contributed by atoms with Crippen LogP contribution in [0.4, 0.5) is 5.69 Å². The van der Waals surface area contributed by atoms with E-state index in [0.29, 0.717) is 5.69 Å². The van der Waals surface area contributed by atoms with Crippen molar-refractivity contribution >= 4 is 29.2 Å². The van der Waals surface area contributed by atoms with Gasteiger partial charge >= 0.3 is 5.97 Å². The molecule has 1 aliphatic rings. The molecule has 0 fully saturated rings. The molecule has 1 aliphatic heterocycles. The zero-order valence-electron chi connectivity index (χ0n) is 11.5. The van der Waals surface area contributed by atoms with Crippen LogP contribution in [0.2, 0.25) is 0 Å². The fourth-order valence-corrected chi connectivity index (χ4v) is 1.92. The Hall–Kier alpha value is -2.70. The Kier molecular flexibility index (Phi) is 4.32. The molecule has 1 heterocycles. The third-order valence-electron chi connectivity index (χ3n) is 3.04. The van der Waals surface area contributed by atoms with E-state index in [0.717, 1.165) is 10.5 Å². The van der Waals surface area contributed by atoms with Crippen LogP contribution in [0.5, 0.6) is 0 Å². The molecule has 0 atom stereocenters. The summed E-state index contributed by atoms with van der Waals surface area (Å²) in [5, 5.41) is 12.7. The van der Waals surface area contributed by atoms with Crippen molar-refractivity contribution in [3.8, 4) is 0 Å². The molecule has 0 unspecified atom stereocenters. The van der Waals surface area contributed by atoms with Gasteiger partial charge < -0.3 is 5.11 Å². The second-order valence-corrected chi connectivity index (χ2v) is 4.71. The van der Waals surface area contributed by atoms with E-state index in [1.54, 1.807) is 24.3 Å². The summed E-state index contributed by atoms with van der Waals surface area (Å²) in [4.78, 5) is 35.6. The van der Waals surface area contributed by atoms with Crippen LogP contribution in [-0.4, -0.2) is 35.1 Å². The van der Waals surface area contributed by atoms with Gasteiger partial charge in [0.15, 0.2) is 0 Å². The van der Waals surface area contributed by atoms with E-state index in [9.17, 15) is 14.4 Å². The van der Waals surface area contributed by atoms with Gasteiger partial charge in [-0.05, 0) is 19.1 Å². The first-order valence-electron chi connectivity index (χ1n) is 6.43. The zero-order chi connectivity index (χ0) is 15.4. The summed E-state index contributed by atoms with van der Waals surface area (Å²) in [6.07, 6.45) is 0.367. The van der Waals surface area contributed by atoms with Crippen LogP contribution in [-0.2, 0) is 14.4 Å². The molecule has 0 spiro atoms. The maximum Gasteiger partial charge on any atom is 0.323 e. The van der Waals surface area contributed by atoms with Gasteiger partial charge in [0.05, 0.1) is 0 Å². The molecule has 0 radical (unpaired) electrons. The quantitative estimate of drug-likeness (QED) is 0.851.